The van der Waals surface area contributed by atoms with Gasteiger partial charge in [-0.05, 0) is 11.3 Å². The molecule has 0 aromatic carbocycles. The van der Waals surface area contributed by atoms with E-state index in [1.165, 1.54) is 0 Å². The number of hydrogen-bond donors (Lipinski definition) is 0. The van der Waals surface area contributed by atoms with Crippen molar-refractivity contribution in [2.24, 2.45) is 0 Å². The molecule has 0 amide bonds. The Kier molecular flexibility index (Phi) is 1.54. The van der Waals surface area contributed by atoms with Crippen LogP contribution in [0.3, 0.4) is 0 Å². The van der Waals surface area contributed by atoms with E-state index < -0.39 is 0 Å². The average Bonchev–Trinajstić information content (AvgIpc) is 1.77. The monoisotopic (exact) mass is 134 g/mol. The average molecular weight is 134 g/mol. The molecule has 0 aliphatic carbocycles. The van der Waals surface area contributed by atoms with E-state index in [4.69, 9.17) is 0 Å². The first-order valence-electron chi connectivity index (χ1n) is 2.05. The molecule has 1 aromatic rings. The number of rotatable bonds is 0. The molecule has 0 unspecified atom stereocenters. The predicted molar refractivity (Wildman–Crippen MR) is 32.8 cm³/mol. The Balaban J connectivity index is 3.13. The molecule has 0 spiro atoms. The van der Waals surface area contributed by atoms with E-state index in [-0.39, 0.29) is 0 Å². The first-order valence-corrected chi connectivity index (χ1v) is 3.05. The largest absolute Gasteiger partial charge is 0.162 e. The van der Waals surface area contributed by atoms with Gasteiger partial charge in [-0.1, -0.05) is 0 Å². The summed E-state index contributed by atoms with van der Waals surface area (Å²) in [6.45, 7) is 0. The molecule has 0 aliphatic heterocycles. The van der Waals surface area contributed by atoms with Crippen LogP contribution in [0.15, 0.2) is 12.3 Å². The molecule has 0 aliphatic rings. The minimum atomic E-state index is 0.726. The summed E-state index contributed by atoms with van der Waals surface area (Å²) < 4.78 is 0. The van der Waals surface area contributed by atoms with Crippen LogP contribution in [0.5, 0.6) is 0 Å². The number of aromatic nitrogens is 2. The van der Waals surface area contributed by atoms with Gasteiger partial charge in [-0.3, -0.25) is 0 Å². The van der Waals surface area contributed by atoms with Crippen molar-refractivity contribution in [3.05, 3.63) is 12.3 Å². The standard InChI is InChI=1S/C4H2N2Si2/c7-3-1-2-5-6-4(3)8/h1-2H. The molecule has 0 atom stereocenters. The highest BCUT2D eigenvalue weighted by molar-refractivity contribution is 6.47. The molecular formula is C4H2N2Si2. The molecule has 4 heteroatoms. The molecule has 0 saturated carbocycles. The van der Waals surface area contributed by atoms with Crippen LogP contribution in [-0.2, 0) is 0 Å². The van der Waals surface area contributed by atoms with E-state index in [0.29, 0.717) is 0 Å². The van der Waals surface area contributed by atoms with Crippen molar-refractivity contribution in [3.8, 4) is 0 Å². The van der Waals surface area contributed by atoms with Gasteiger partial charge in [0.25, 0.3) is 0 Å². The number of hydrogen-bond acceptors (Lipinski definition) is 2. The van der Waals surface area contributed by atoms with E-state index in [1.54, 1.807) is 6.20 Å². The molecule has 0 fully saturated rings. The molecule has 1 heterocycles. The summed E-state index contributed by atoms with van der Waals surface area (Å²) in [5.74, 6) is 0. The van der Waals surface area contributed by atoms with Crippen molar-refractivity contribution < 1.29 is 0 Å². The van der Waals surface area contributed by atoms with Crippen molar-refractivity contribution in [2.75, 3.05) is 0 Å². The van der Waals surface area contributed by atoms with Gasteiger partial charge < -0.3 is 0 Å². The van der Waals surface area contributed by atoms with Crippen LogP contribution in [0.1, 0.15) is 0 Å². The highest BCUT2D eigenvalue weighted by Gasteiger charge is 1.87. The summed E-state index contributed by atoms with van der Waals surface area (Å²) in [6, 6.07) is 1.81. The lowest BCUT2D eigenvalue weighted by molar-refractivity contribution is 1.07. The van der Waals surface area contributed by atoms with E-state index in [9.17, 15) is 0 Å². The SMILES string of the molecule is [Si]c1ccnnc1[Si]. The first kappa shape index (κ1) is 5.65. The Morgan fingerprint density at radius 1 is 1.38 bits per heavy atom. The molecule has 8 heavy (non-hydrogen) atoms. The molecule has 1 aromatic heterocycles. The summed E-state index contributed by atoms with van der Waals surface area (Å²) in [5, 5.41) is 8.95. The molecule has 0 saturated heterocycles. The highest BCUT2D eigenvalue weighted by Crippen LogP contribution is 1.61. The lowest BCUT2D eigenvalue weighted by Crippen LogP contribution is -2.28. The third-order valence-corrected chi connectivity index (χ3v) is 1.74. The Bertz CT molecular complexity index is 168. The molecule has 1 rings (SSSR count). The maximum absolute atomic E-state index is 3.69. The molecule has 0 N–H and O–H groups in total. The number of nitrogens with zero attached hydrogens (tertiary/aromatic N) is 2. The van der Waals surface area contributed by atoms with Crippen molar-refractivity contribution in [1.82, 2.24) is 10.2 Å². The lowest BCUT2D eigenvalue weighted by Gasteiger charge is -1.90. The van der Waals surface area contributed by atoms with Gasteiger partial charge in [0.15, 0.2) is 0 Å². The van der Waals surface area contributed by atoms with Gasteiger partial charge in [0, 0.05) is 11.5 Å². The van der Waals surface area contributed by atoms with Crippen molar-refractivity contribution in [2.45, 2.75) is 0 Å². The molecule has 2 nitrogen and oxygen atoms in total. The van der Waals surface area contributed by atoms with Gasteiger partial charge >= 0.3 is 0 Å². The van der Waals surface area contributed by atoms with Gasteiger partial charge in [0.1, 0.15) is 10.2 Å². The van der Waals surface area contributed by atoms with E-state index in [2.05, 4.69) is 30.7 Å². The zero-order chi connectivity index (χ0) is 5.98. The zero-order valence-electron chi connectivity index (χ0n) is 4.05. The predicted octanol–water partition coefficient (Wildman–Crippen LogP) is -1.94. The van der Waals surface area contributed by atoms with Crippen LogP contribution in [0, 0.1) is 0 Å². The molecule has 0 bridgehead atoms. The topological polar surface area (TPSA) is 25.8 Å². The van der Waals surface area contributed by atoms with Crippen LogP contribution < -0.4 is 10.5 Å². The summed E-state index contributed by atoms with van der Waals surface area (Å²) in [6.07, 6.45) is 1.62. The Morgan fingerprint density at radius 2 is 2.12 bits per heavy atom. The quantitative estimate of drug-likeness (QED) is 0.386. The van der Waals surface area contributed by atoms with Gasteiger partial charge in [-0.2, -0.15) is 10.2 Å². The third-order valence-electron chi connectivity index (χ3n) is 0.721. The van der Waals surface area contributed by atoms with E-state index in [1.807, 2.05) is 6.07 Å². The Labute approximate surface area is 54.2 Å². The molecule has 36 valence electrons. The van der Waals surface area contributed by atoms with Crippen LogP contribution >= 0.6 is 0 Å². The fraction of sp³-hybridized carbons (Fsp3) is 0. The second-order valence-corrected chi connectivity index (χ2v) is 2.31. The maximum Gasteiger partial charge on any atom is 0.102 e. The summed E-state index contributed by atoms with van der Waals surface area (Å²) >= 11 is 0. The minimum Gasteiger partial charge on any atom is -0.162 e. The van der Waals surface area contributed by atoms with Crippen LogP contribution in [0.2, 0.25) is 0 Å². The highest BCUT2D eigenvalue weighted by atomic mass is 28.2. The summed E-state index contributed by atoms with van der Waals surface area (Å²) in [7, 11) is 6.51. The second kappa shape index (κ2) is 2.19. The van der Waals surface area contributed by atoms with E-state index >= 15 is 0 Å². The molecular weight excluding hydrogens is 132 g/mol. The third kappa shape index (κ3) is 1.02. The van der Waals surface area contributed by atoms with E-state index in [0.717, 1.165) is 10.5 Å². The second-order valence-electron chi connectivity index (χ2n) is 1.29. The van der Waals surface area contributed by atoms with Crippen molar-refractivity contribution >= 4 is 31.0 Å². The fourth-order valence-electron chi connectivity index (χ4n) is 0.332. The molecule has 6 radical (unpaired) electrons. The first-order chi connectivity index (χ1) is 3.80. The van der Waals surface area contributed by atoms with Gasteiger partial charge in [0.2, 0.25) is 0 Å². The Hall–Kier alpha value is -0.486. The van der Waals surface area contributed by atoms with Crippen molar-refractivity contribution in [1.29, 1.82) is 0 Å². The van der Waals surface area contributed by atoms with Crippen LogP contribution in [-0.4, -0.2) is 30.7 Å². The fourth-order valence-corrected chi connectivity index (χ4v) is 0.597. The Morgan fingerprint density at radius 3 is 2.50 bits per heavy atom. The summed E-state index contributed by atoms with van der Waals surface area (Å²) in [5.41, 5.74) is 0. The van der Waals surface area contributed by atoms with Crippen molar-refractivity contribution in [3.63, 3.8) is 0 Å². The van der Waals surface area contributed by atoms with Gasteiger partial charge in [-0.25, -0.2) is 0 Å². The lowest BCUT2D eigenvalue weighted by atomic mass is 10.6. The summed E-state index contributed by atoms with van der Waals surface area (Å²) in [4.78, 5) is 0. The minimum absolute atomic E-state index is 0.726. The maximum atomic E-state index is 3.69. The zero-order valence-corrected chi connectivity index (χ0v) is 6.05. The van der Waals surface area contributed by atoms with Gasteiger partial charge in [0.05, 0.1) is 10.2 Å². The smallest absolute Gasteiger partial charge is 0.102 e. The van der Waals surface area contributed by atoms with Crippen LogP contribution in [0.4, 0.5) is 0 Å². The normalized spacial score (nSPS) is 9.25. The van der Waals surface area contributed by atoms with Crippen LogP contribution in [0.25, 0.3) is 0 Å². The van der Waals surface area contributed by atoms with Gasteiger partial charge in [-0.15, -0.1) is 0 Å².